The highest BCUT2D eigenvalue weighted by Crippen LogP contribution is 2.28. The molecule has 14 heavy (non-hydrogen) atoms. The van der Waals surface area contributed by atoms with Crippen LogP contribution in [0.25, 0.3) is 0 Å². The standard InChI is InChI=1S/C9H9NO2.C2H6/c1-5-3-2-4-6-7(5)9(12)10-8(6)11;1-2/h2,4-5H,3H2,1H3,(H,10,11,12);1-2H3. The van der Waals surface area contributed by atoms with Gasteiger partial charge in [-0.05, 0) is 12.3 Å². The molecule has 1 heterocycles. The van der Waals surface area contributed by atoms with Gasteiger partial charge in [0.05, 0.1) is 0 Å². The predicted molar refractivity (Wildman–Crippen MR) is 54.4 cm³/mol. The van der Waals surface area contributed by atoms with Crippen molar-refractivity contribution in [1.29, 1.82) is 0 Å². The molecular formula is C11H15NO2. The molecule has 3 nitrogen and oxygen atoms in total. The SMILES string of the molecule is CC.CC1CC=CC2=C1C(=O)NC2=O. The van der Waals surface area contributed by atoms with Gasteiger partial charge in [-0.1, -0.05) is 32.9 Å². The van der Waals surface area contributed by atoms with E-state index in [-0.39, 0.29) is 17.7 Å². The topological polar surface area (TPSA) is 46.2 Å². The molecule has 0 radical (unpaired) electrons. The van der Waals surface area contributed by atoms with Crippen LogP contribution in [-0.4, -0.2) is 11.8 Å². The molecule has 1 unspecified atom stereocenters. The fraction of sp³-hybridized carbons (Fsp3) is 0.455. The van der Waals surface area contributed by atoms with Crippen molar-refractivity contribution in [3.05, 3.63) is 23.3 Å². The second kappa shape index (κ2) is 4.22. The van der Waals surface area contributed by atoms with Gasteiger partial charge in [0, 0.05) is 11.1 Å². The van der Waals surface area contributed by atoms with Crippen molar-refractivity contribution < 1.29 is 9.59 Å². The van der Waals surface area contributed by atoms with E-state index in [1.54, 1.807) is 6.08 Å². The van der Waals surface area contributed by atoms with E-state index in [9.17, 15) is 9.59 Å². The van der Waals surface area contributed by atoms with E-state index in [1.807, 2.05) is 26.8 Å². The highest BCUT2D eigenvalue weighted by Gasteiger charge is 2.32. The molecule has 0 aromatic heterocycles. The Balaban J connectivity index is 0.000000461. The number of carbonyl (C=O) groups excluding carboxylic acids is 2. The first kappa shape index (κ1) is 10.7. The Morgan fingerprint density at radius 2 is 1.93 bits per heavy atom. The molecule has 0 aromatic rings. The Hall–Kier alpha value is -1.38. The third kappa shape index (κ3) is 1.62. The van der Waals surface area contributed by atoms with E-state index in [2.05, 4.69) is 5.32 Å². The van der Waals surface area contributed by atoms with Gasteiger partial charge in [-0.25, -0.2) is 0 Å². The fourth-order valence-corrected chi connectivity index (χ4v) is 1.64. The van der Waals surface area contributed by atoms with Crippen molar-refractivity contribution in [2.24, 2.45) is 5.92 Å². The summed E-state index contributed by atoms with van der Waals surface area (Å²) in [5.41, 5.74) is 1.21. The van der Waals surface area contributed by atoms with Crippen molar-refractivity contribution in [3.8, 4) is 0 Å². The molecule has 0 aromatic carbocycles. The highest BCUT2D eigenvalue weighted by molar-refractivity contribution is 6.21. The van der Waals surface area contributed by atoms with Gasteiger partial charge in [-0.15, -0.1) is 0 Å². The molecule has 76 valence electrons. The first-order valence-corrected chi connectivity index (χ1v) is 4.96. The van der Waals surface area contributed by atoms with Gasteiger partial charge < -0.3 is 0 Å². The number of allylic oxidation sites excluding steroid dienone is 1. The minimum absolute atomic E-state index is 0.177. The Morgan fingerprint density at radius 1 is 1.29 bits per heavy atom. The smallest absolute Gasteiger partial charge is 0.258 e. The van der Waals surface area contributed by atoms with Crippen LogP contribution in [0.15, 0.2) is 23.3 Å². The third-order valence-corrected chi connectivity index (χ3v) is 2.27. The lowest BCUT2D eigenvalue weighted by molar-refractivity contribution is -0.124. The van der Waals surface area contributed by atoms with E-state index in [0.717, 1.165) is 6.42 Å². The predicted octanol–water partition coefficient (Wildman–Crippen LogP) is 1.56. The molecule has 2 aliphatic rings. The van der Waals surface area contributed by atoms with Crippen molar-refractivity contribution >= 4 is 11.8 Å². The van der Waals surface area contributed by atoms with Crippen LogP contribution >= 0.6 is 0 Å². The Morgan fingerprint density at radius 3 is 2.50 bits per heavy atom. The van der Waals surface area contributed by atoms with Crippen molar-refractivity contribution in [3.63, 3.8) is 0 Å². The number of hydrogen-bond donors (Lipinski definition) is 1. The number of carbonyl (C=O) groups is 2. The molecular weight excluding hydrogens is 178 g/mol. The van der Waals surface area contributed by atoms with Crippen LogP contribution in [0.5, 0.6) is 0 Å². The van der Waals surface area contributed by atoms with E-state index < -0.39 is 0 Å². The van der Waals surface area contributed by atoms with E-state index in [4.69, 9.17) is 0 Å². The average molecular weight is 193 g/mol. The van der Waals surface area contributed by atoms with E-state index >= 15 is 0 Å². The van der Waals surface area contributed by atoms with Gasteiger partial charge >= 0.3 is 0 Å². The number of imide groups is 1. The second-order valence-corrected chi connectivity index (χ2v) is 3.15. The lowest BCUT2D eigenvalue weighted by atomic mass is 9.90. The average Bonchev–Trinajstić information content (AvgIpc) is 2.47. The van der Waals surface area contributed by atoms with Crippen LogP contribution in [0.2, 0.25) is 0 Å². The first-order chi connectivity index (χ1) is 6.70. The molecule has 1 N–H and O–H groups in total. The molecule has 0 saturated carbocycles. The van der Waals surface area contributed by atoms with Gasteiger partial charge in [-0.3, -0.25) is 14.9 Å². The minimum Gasteiger partial charge on any atom is -0.288 e. The lowest BCUT2D eigenvalue weighted by Crippen LogP contribution is -2.23. The molecule has 1 atom stereocenters. The van der Waals surface area contributed by atoms with Crippen LogP contribution in [-0.2, 0) is 9.59 Å². The van der Waals surface area contributed by atoms with Gasteiger partial charge in [0.2, 0.25) is 0 Å². The summed E-state index contributed by atoms with van der Waals surface area (Å²) in [6.07, 6.45) is 4.51. The van der Waals surface area contributed by atoms with Gasteiger partial charge in [0.25, 0.3) is 11.8 Å². The van der Waals surface area contributed by atoms with Crippen LogP contribution < -0.4 is 5.32 Å². The lowest BCUT2D eigenvalue weighted by Gasteiger charge is -2.12. The maximum absolute atomic E-state index is 11.2. The molecule has 0 spiro atoms. The monoisotopic (exact) mass is 193 g/mol. The maximum Gasteiger partial charge on any atom is 0.258 e. The quantitative estimate of drug-likeness (QED) is 0.593. The molecule has 1 aliphatic heterocycles. The number of rotatable bonds is 0. The normalized spacial score (nSPS) is 24.1. The van der Waals surface area contributed by atoms with Gasteiger partial charge in [-0.2, -0.15) is 0 Å². The molecule has 2 rings (SSSR count). The molecule has 0 bridgehead atoms. The molecule has 3 heteroatoms. The summed E-state index contributed by atoms with van der Waals surface area (Å²) in [5, 5.41) is 2.29. The van der Waals surface area contributed by atoms with Crippen LogP contribution in [0, 0.1) is 5.92 Å². The van der Waals surface area contributed by atoms with Crippen LogP contribution in [0.1, 0.15) is 27.2 Å². The largest absolute Gasteiger partial charge is 0.288 e. The fourth-order valence-electron chi connectivity index (χ4n) is 1.64. The molecule has 1 aliphatic carbocycles. The Kier molecular flexibility index (Phi) is 3.23. The molecule has 2 amide bonds. The summed E-state index contributed by atoms with van der Waals surface area (Å²) < 4.78 is 0. The minimum atomic E-state index is -0.252. The number of hydrogen-bond acceptors (Lipinski definition) is 2. The summed E-state index contributed by atoms with van der Waals surface area (Å²) in [4.78, 5) is 22.3. The third-order valence-electron chi connectivity index (χ3n) is 2.27. The summed E-state index contributed by atoms with van der Waals surface area (Å²) in [7, 11) is 0. The summed E-state index contributed by atoms with van der Waals surface area (Å²) >= 11 is 0. The van der Waals surface area contributed by atoms with Crippen molar-refractivity contribution in [2.45, 2.75) is 27.2 Å². The van der Waals surface area contributed by atoms with Crippen molar-refractivity contribution in [1.82, 2.24) is 5.32 Å². The van der Waals surface area contributed by atoms with Gasteiger partial charge in [0.15, 0.2) is 0 Å². The number of nitrogens with one attached hydrogen (secondary N) is 1. The zero-order valence-electron chi connectivity index (χ0n) is 8.76. The summed E-state index contributed by atoms with van der Waals surface area (Å²) in [6, 6.07) is 0. The first-order valence-electron chi connectivity index (χ1n) is 4.96. The van der Waals surface area contributed by atoms with Gasteiger partial charge in [0.1, 0.15) is 0 Å². The van der Waals surface area contributed by atoms with E-state index in [0.29, 0.717) is 11.1 Å². The Labute approximate surface area is 83.9 Å². The van der Waals surface area contributed by atoms with Crippen molar-refractivity contribution in [2.75, 3.05) is 0 Å². The zero-order chi connectivity index (χ0) is 10.7. The zero-order valence-corrected chi connectivity index (χ0v) is 8.76. The Bertz CT molecular complexity index is 326. The molecule has 0 saturated heterocycles. The number of amides is 2. The highest BCUT2D eigenvalue weighted by atomic mass is 16.2. The summed E-state index contributed by atoms with van der Waals surface area (Å²) in [5.74, 6) is -0.291. The summed E-state index contributed by atoms with van der Waals surface area (Å²) in [6.45, 7) is 5.96. The van der Waals surface area contributed by atoms with E-state index in [1.165, 1.54) is 0 Å². The maximum atomic E-state index is 11.2. The molecule has 0 fully saturated rings. The second-order valence-electron chi connectivity index (χ2n) is 3.15. The van der Waals surface area contributed by atoms with Crippen LogP contribution in [0.4, 0.5) is 0 Å². The van der Waals surface area contributed by atoms with Crippen LogP contribution in [0.3, 0.4) is 0 Å².